The maximum Gasteiger partial charge on any atom is 0.311 e. The molecule has 28 heavy (non-hydrogen) atoms. The van der Waals surface area contributed by atoms with Crippen molar-refractivity contribution in [1.29, 1.82) is 0 Å². The van der Waals surface area contributed by atoms with Crippen molar-refractivity contribution in [2.75, 3.05) is 12.4 Å². The van der Waals surface area contributed by atoms with E-state index in [4.69, 9.17) is 16.3 Å². The number of rotatable bonds is 6. The van der Waals surface area contributed by atoms with Crippen LogP contribution in [0.2, 0.25) is 5.02 Å². The Labute approximate surface area is 173 Å². The first-order valence-corrected chi connectivity index (χ1v) is 9.15. The summed E-state index contributed by atoms with van der Waals surface area (Å²) in [6.07, 6.45) is 1.72. The highest BCUT2D eigenvalue weighted by Gasteiger charge is 2.19. The number of nitro groups is 1. The number of methoxy groups -OCH3 is 1. The Morgan fingerprint density at radius 1 is 1.32 bits per heavy atom. The van der Waals surface area contributed by atoms with Gasteiger partial charge in [-0.3, -0.25) is 19.6 Å². The average Bonchev–Trinajstić information content (AvgIpc) is 3.01. The third kappa shape index (κ3) is 4.49. The van der Waals surface area contributed by atoms with Gasteiger partial charge in [0.1, 0.15) is 0 Å². The maximum atomic E-state index is 12.5. The van der Waals surface area contributed by atoms with E-state index < -0.39 is 10.8 Å². The summed E-state index contributed by atoms with van der Waals surface area (Å²) in [6.45, 7) is 0.486. The van der Waals surface area contributed by atoms with Gasteiger partial charge in [-0.05, 0) is 45.8 Å². The first kappa shape index (κ1) is 19.8. The number of nitrogens with one attached hydrogen (secondary N) is 1. The summed E-state index contributed by atoms with van der Waals surface area (Å²) < 4.78 is 7.17. The van der Waals surface area contributed by atoms with Gasteiger partial charge in [-0.15, -0.1) is 0 Å². The number of ether oxygens (including phenoxy) is 1. The molecule has 2 aromatic carbocycles. The highest BCUT2D eigenvalue weighted by atomic mass is 79.9. The van der Waals surface area contributed by atoms with Crippen LogP contribution in [0.25, 0.3) is 0 Å². The Morgan fingerprint density at radius 2 is 2.04 bits per heavy atom. The highest BCUT2D eigenvalue weighted by molar-refractivity contribution is 9.10. The topological polar surface area (TPSA) is 99.3 Å². The van der Waals surface area contributed by atoms with Crippen LogP contribution in [0.4, 0.5) is 11.5 Å². The standard InChI is InChI=1S/C18H14BrClN4O4/c1-28-16-7-4-12(8-15(16)24(26)27)18(25)21-17-14(19)10-23(22-17)9-11-2-5-13(20)6-3-11/h2-8,10H,9H2,1H3,(H,21,22,25). The molecule has 0 saturated carbocycles. The summed E-state index contributed by atoms with van der Waals surface area (Å²) in [4.78, 5) is 23.0. The molecule has 1 N–H and O–H groups in total. The van der Waals surface area contributed by atoms with E-state index in [-0.39, 0.29) is 17.0 Å². The van der Waals surface area contributed by atoms with Crippen molar-refractivity contribution in [3.05, 3.63) is 79.4 Å². The molecule has 1 heterocycles. The minimum atomic E-state index is -0.605. The van der Waals surface area contributed by atoms with Crippen molar-refractivity contribution in [2.45, 2.75) is 6.54 Å². The van der Waals surface area contributed by atoms with E-state index in [1.54, 1.807) is 23.0 Å². The lowest BCUT2D eigenvalue weighted by Crippen LogP contribution is -2.13. The Hall–Kier alpha value is -2.91. The van der Waals surface area contributed by atoms with Gasteiger partial charge in [0.25, 0.3) is 5.91 Å². The first-order chi connectivity index (χ1) is 13.4. The number of amides is 1. The summed E-state index contributed by atoms with van der Waals surface area (Å²) in [5.74, 6) is -0.143. The van der Waals surface area contributed by atoms with Crippen LogP contribution in [0.1, 0.15) is 15.9 Å². The molecule has 0 unspecified atom stereocenters. The zero-order chi connectivity index (χ0) is 20.3. The zero-order valence-electron chi connectivity index (χ0n) is 14.6. The summed E-state index contributed by atoms with van der Waals surface area (Å²) in [6, 6.07) is 11.3. The van der Waals surface area contributed by atoms with E-state index in [2.05, 4.69) is 26.3 Å². The van der Waals surface area contributed by atoms with Crippen LogP contribution in [-0.4, -0.2) is 27.7 Å². The van der Waals surface area contributed by atoms with E-state index in [0.29, 0.717) is 21.9 Å². The number of carbonyl (C=O) groups excluding carboxylic acids is 1. The fourth-order valence-electron chi connectivity index (χ4n) is 2.49. The fourth-order valence-corrected chi connectivity index (χ4v) is 3.03. The Kier molecular flexibility index (Phi) is 5.96. The molecule has 0 aliphatic heterocycles. The quantitative estimate of drug-likeness (QED) is 0.426. The zero-order valence-corrected chi connectivity index (χ0v) is 16.9. The predicted molar refractivity (Wildman–Crippen MR) is 108 cm³/mol. The normalized spacial score (nSPS) is 10.5. The molecule has 0 spiro atoms. The Balaban J connectivity index is 1.77. The summed E-state index contributed by atoms with van der Waals surface area (Å²) in [7, 11) is 1.33. The molecule has 1 aromatic heterocycles. The molecule has 0 aliphatic rings. The van der Waals surface area contributed by atoms with Crippen LogP contribution in [0.5, 0.6) is 5.75 Å². The van der Waals surface area contributed by atoms with Gasteiger partial charge in [0, 0.05) is 22.8 Å². The number of nitro benzene ring substituents is 1. The molecule has 0 radical (unpaired) electrons. The van der Waals surface area contributed by atoms with Gasteiger partial charge in [-0.1, -0.05) is 23.7 Å². The van der Waals surface area contributed by atoms with Gasteiger partial charge in [0.05, 0.1) is 23.1 Å². The molecular formula is C18H14BrClN4O4. The molecule has 144 valence electrons. The van der Waals surface area contributed by atoms with E-state index >= 15 is 0 Å². The number of benzene rings is 2. The molecular weight excluding hydrogens is 452 g/mol. The number of aromatic nitrogens is 2. The molecule has 10 heteroatoms. The van der Waals surface area contributed by atoms with Crippen molar-refractivity contribution in [1.82, 2.24) is 9.78 Å². The predicted octanol–water partition coefficient (Wildman–Crippen LogP) is 4.52. The number of halogens is 2. The van der Waals surface area contributed by atoms with Gasteiger partial charge in [-0.2, -0.15) is 5.10 Å². The van der Waals surface area contributed by atoms with E-state index in [9.17, 15) is 14.9 Å². The van der Waals surface area contributed by atoms with E-state index in [1.165, 1.54) is 19.2 Å². The Morgan fingerprint density at radius 3 is 2.68 bits per heavy atom. The Bertz CT molecular complexity index is 1040. The van der Waals surface area contributed by atoms with Crippen LogP contribution in [-0.2, 0) is 6.54 Å². The summed E-state index contributed by atoms with van der Waals surface area (Å²) >= 11 is 9.24. The maximum absolute atomic E-state index is 12.5. The molecule has 0 atom stereocenters. The number of hydrogen-bond donors (Lipinski definition) is 1. The van der Waals surface area contributed by atoms with Crippen LogP contribution >= 0.6 is 27.5 Å². The molecule has 0 fully saturated rings. The number of nitrogens with zero attached hydrogens (tertiary/aromatic N) is 3. The van der Waals surface area contributed by atoms with Gasteiger partial charge in [-0.25, -0.2) is 0 Å². The second-order valence-corrected chi connectivity index (χ2v) is 7.04. The molecule has 3 aromatic rings. The number of carbonyl (C=O) groups is 1. The lowest BCUT2D eigenvalue weighted by atomic mass is 10.1. The second-order valence-electron chi connectivity index (χ2n) is 5.75. The van der Waals surface area contributed by atoms with E-state index in [1.807, 2.05) is 12.1 Å². The smallest absolute Gasteiger partial charge is 0.311 e. The van der Waals surface area contributed by atoms with Crippen LogP contribution < -0.4 is 10.1 Å². The van der Waals surface area contributed by atoms with Crippen molar-refractivity contribution >= 4 is 44.9 Å². The van der Waals surface area contributed by atoms with Crippen molar-refractivity contribution in [3.63, 3.8) is 0 Å². The summed E-state index contributed by atoms with van der Waals surface area (Å²) in [5, 5.41) is 18.7. The van der Waals surface area contributed by atoms with Gasteiger partial charge >= 0.3 is 5.69 Å². The van der Waals surface area contributed by atoms with Crippen LogP contribution in [0.3, 0.4) is 0 Å². The monoisotopic (exact) mass is 464 g/mol. The lowest BCUT2D eigenvalue weighted by Gasteiger charge is -2.06. The van der Waals surface area contributed by atoms with Crippen LogP contribution in [0.15, 0.2) is 53.1 Å². The fraction of sp³-hybridized carbons (Fsp3) is 0.111. The molecule has 0 saturated heterocycles. The molecule has 0 bridgehead atoms. The van der Waals surface area contributed by atoms with Gasteiger partial charge in [0.15, 0.2) is 11.6 Å². The highest BCUT2D eigenvalue weighted by Crippen LogP contribution is 2.28. The van der Waals surface area contributed by atoms with Crippen molar-refractivity contribution in [2.24, 2.45) is 0 Å². The van der Waals surface area contributed by atoms with E-state index in [0.717, 1.165) is 11.6 Å². The minimum absolute atomic E-state index is 0.0787. The van der Waals surface area contributed by atoms with Gasteiger partial charge < -0.3 is 10.1 Å². The largest absolute Gasteiger partial charge is 0.490 e. The lowest BCUT2D eigenvalue weighted by molar-refractivity contribution is -0.385. The number of anilines is 1. The summed E-state index contributed by atoms with van der Waals surface area (Å²) in [5.41, 5.74) is 0.817. The number of hydrogen-bond acceptors (Lipinski definition) is 5. The average molecular weight is 466 g/mol. The first-order valence-electron chi connectivity index (χ1n) is 7.98. The SMILES string of the molecule is COc1ccc(C(=O)Nc2nn(Cc3ccc(Cl)cc3)cc2Br)cc1[N+](=O)[O-]. The van der Waals surface area contributed by atoms with Gasteiger partial charge in [0.2, 0.25) is 0 Å². The molecule has 8 nitrogen and oxygen atoms in total. The minimum Gasteiger partial charge on any atom is -0.490 e. The van der Waals surface area contributed by atoms with Crippen molar-refractivity contribution < 1.29 is 14.5 Å². The van der Waals surface area contributed by atoms with Crippen LogP contribution in [0, 0.1) is 10.1 Å². The third-order valence-electron chi connectivity index (χ3n) is 3.84. The van der Waals surface area contributed by atoms with Crippen molar-refractivity contribution in [3.8, 4) is 5.75 Å². The second kappa shape index (κ2) is 8.41. The third-order valence-corrected chi connectivity index (χ3v) is 4.68. The molecule has 1 amide bonds. The molecule has 0 aliphatic carbocycles. The molecule has 3 rings (SSSR count).